The summed E-state index contributed by atoms with van der Waals surface area (Å²) < 4.78 is 10.1. The average Bonchev–Trinajstić information content (AvgIpc) is 2.63. The summed E-state index contributed by atoms with van der Waals surface area (Å²) >= 11 is 17.5. The van der Waals surface area contributed by atoms with Crippen molar-refractivity contribution >= 4 is 58.1 Å². The quantitative estimate of drug-likeness (QED) is 0.565. The number of methoxy groups -OCH3 is 1. The van der Waals surface area contributed by atoms with E-state index in [1.54, 1.807) is 24.3 Å². The number of benzene rings is 1. The van der Waals surface area contributed by atoms with E-state index in [1.165, 1.54) is 14.0 Å². The van der Waals surface area contributed by atoms with E-state index in [2.05, 4.69) is 10.3 Å². The molecule has 0 aliphatic carbocycles. The lowest BCUT2D eigenvalue weighted by atomic mass is 10.2. The Morgan fingerprint density at radius 2 is 1.77 bits per heavy atom. The summed E-state index contributed by atoms with van der Waals surface area (Å²) in [5.41, 5.74) is 5.73. The Morgan fingerprint density at radius 1 is 1.15 bits per heavy atom. The summed E-state index contributed by atoms with van der Waals surface area (Å²) in [6.07, 6.45) is -1.13. The molecule has 26 heavy (non-hydrogen) atoms. The summed E-state index contributed by atoms with van der Waals surface area (Å²) in [7, 11) is 1.53. The Morgan fingerprint density at radius 3 is 2.35 bits per heavy atom. The highest BCUT2D eigenvalue weighted by Gasteiger charge is 2.25. The molecule has 0 saturated heterocycles. The van der Waals surface area contributed by atoms with E-state index >= 15 is 0 Å². The fourth-order valence-electron chi connectivity index (χ4n) is 1.85. The van der Waals surface area contributed by atoms with Gasteiger partial charge in [0.2, 0.25) is 0 Å². The summed E-state index contributed by atoms with van der Waals surface area (Å²) in [6, 6.07) is 6.63. The first kappa shape index (κ1) is 20.1. The third kappa shape index (κ3) is 4.49. The number of halogens is 3. The molecule has 0 saturated carbocycles. The number of pyridine rings is 1. The van der Waals surface area contributed by atoms with Crippen LogP contribution in [-0.2, 0) is 9.53 Å². The summed E-state index contributed by atoms with van der Waals surface area (Å²) in [5.74, 6) is -0.870. The SMILES string of the molecule is COc1ccc(NC(=O)C(C)OC(=O)c2nc(Cl)c(Cl)c(N)c2Cl)cc1. The lowest BCUT2D eigenvalue weighted by molar-refractivity contribution is -0.123. The second-order valence-corrected chi connectivity index (χ2v) is 6.17. The maximum absolute atomic E-state index is 12.2. The monoisotopic (exact) mass is 417 g/mol. The second-order valence-electron chi connectivity index (χ2n) is 5.06. The molecule has 1 amide bonds. The molecule has 0 bridgehead atoms. The van der Waals surface area contributed by atoms with Gasteiger partial charge in [-0.05, 0) is 31.2 Å². The van der Waals surface area contributed by atoms with Crippen molar-refractivity contribution in [1.82, 2.24) is 4.98 Å². The number of rotatable bonds is 5. The number of carbonyl (C=O) groups is 2. The predicted octanol–water partition coefficient (Wildman–Crippen LogP) is 3.82. The zero-order chi connectivity index (χ0) is 19.4. The molecule has 2 aromatic rings. The van der Waals surface area contributed by atoms with Crippen molar-refractivity contribution in [3.05, 3.63) is 45.2 Å². The van der Waals surface area contributed by atoms with Gasteiger partial charge >= 0.3 is 5.97 Å². The van der Waals surface area contributed by atoms with Gasteiger partial charge in [0.25, 0.3) is 5.91 Å². The number of carbonyl (C=O) groups excluding carboxylic acids is 2. The molecule has 1 aromatic heterocycles. The van der Waals surface area contributed by atoms with Gasteiger partial charge in [-0.1, -0.05) is 34.8 Å². The van der Waals surface area contributed by atoms with E-state index in [0.29, 0.717) is 11.4 Å². The molecule has 0 aliphatic heterocycles. The summed E-state index contributed by atoms with van der Waals surface area (Å²) in [5, 5.41) is 2.13. The fourth-order valence-corrected chi connectivity index (χ4v) is 2.44. The van der Waals surface area contributed by atoms with Crippen LogP contribution in [0.2, 0.25) is 15.2 Å². The highest BCUT2D eigenvalue weighted by molar-refractivity contribution is 6.46. The van der Waals surface area contributed by atoms with Gasteiger partial charge in [-0.3, -0.25) is 4.79 Å². The largest absolute Gasteiger partial charge is 0.497 e. The number of ether oxygens (including phenoxy) is 2. The Kier molecular flexibility index (Phi) is 6.52. The highest BCUT2D eigenvalue weighted by atomic mass is 35.5. The van der Waals surface area contributed by atoms with E-state index in [0.717, 1.165) is 0 Å². The first-order valence-electron chi connectivity index (χ1n) is 7.20. The van der Waals surface area contributed by atoms with Crippen molar-refractivity contribution in [2.24, 2.45) is 0 Å². The first-order valence-corrected chi connectivity index (χ1v) is 8.33. The van der Waals surface area contributed by atoms with Crippen molar-refractivity contribution in [1.29, 1.82) is 0 Å². The van der Waals surface area contributed by atoms with Crippen LogP contribution in [0.1, 0.15) is 17.4 Å². The molecule has 1 aromatic carbocycles. The van der Waals surface area contributed by atoms with Crippen LogP contribution in [-0.4, -0.2) is 30.1 Å². The van der Waals surface area contributed by atoms with Gasteiger partial charge in [-0.25, -0.2) is 9.78 Å². The van der Waals surface area contributed by atoms with E-state index in [-0.39, 0.29) is 26.6 Å². The zero-order valence-corrected chi connectivity index (χ0v) is 15.9. The lowest BCUT2D eigenvalue weighted by Gasteiger charge is -2.15. The standard InChI is InChI=1S/C16H14Cl3N3O4/c1-7(15(23)21-8-3-5-9(25-2)6-4-8)26-16(24)13-10(17)12(20)11(18)14(19)22-13/h3-7H,1-2H3,(H2,20,22)(H,21,23). The van der Waals surface area contributed by atoms with Crippen LogP contribution in [0.15, 0.2) is 24.3 Å². The molecule has 138 valence electrons. The maximum Gasteiger partial charge on any atom is 0.359 e. The van der Waals surface area contributed by atoms with E-state index in [1.807, 2.05) is 0 Å². The van der Waals surface area contributed by atoms with Crippen molar-refractivity contribution in [3.8, 4) is 5.75 Å². The minimum absolute atomic E-state index is 0.0708. The van der Waals surface area contributed by atoms with Crippen LogP contribution in [0.5, 0.6) is 5.75 Å². The average molecular weight is 419 g/mol. The van der Waals surface area contributed by atoms with Crippen LogP contribution >= 0.6 is 34.8 Å². The molecule has 1 heterocycles. The number of hydrogen-bond donors (Lipinski definition) is 2. The third-order valence-electron chi connectivity index (χ3n) is 3.28. The van der Waals surface area contributed by atoms with Crippen LogP contribution in [0.4, 0.5) is 11.4 Å². The van der Waals surface area contributed by atoms with Gasteiger partial charge in [-0.15, -0.1) is 0 Å². The molecule has 7 nitrogen and oxygen atoms in total. The number of anilines is 2. The van der Waals surface area contributed by atoms with Gasteiger partial charge in [0.15, 0.2) is 17.0 Å². The van der Waals surface area contributed by atoms with E-state index in [4.69, 9.17) is 50.0 Å². The molecule has 0 aliphatic rings. The van der Waals surface area contributed by atoms with E-state index < -0.39 is 18.0 Å². The zero-order valence-electron chi connectivity index (χ0n) is 13.7. The topological polar surface area (TPSA) is 104 Å². The molecule has 2 rings (SSSR count). The third-order valence-corrected chi connectivity index (χ3v) is 4.41. The number of esters is 1. The van der Waals surface area contributed by atoms with Crippen LogP contribution in [0.25, 0.3) is 0 Å². The van der Waals surface area contributed by atoms with Gasteiger partial charge < -0.3 is 20.5 Å². The van der Waals surface area contributed by atoms with Gasteiger partial charge in [0, 0.05) is 5.69 Å². The molecule has 10 heteroatoms. The maximum atomic E-state index is 12.2. The molecule has 0 radical (unpaired) electrons. The Hall–Kier alpha value is -2.22. The minimum Gasteiger partial charge on any atom is -0.497 e. The van der Waals surface area contributed by atoms with Gasteiger partial charge in [0.05, 0.1) is 17.8 Å². The Balaban J connectivity index is 2.07. The number of nitrogens with zero attached hydrogens (tertiary/aromatic N) is 1. The van der Waals surface area contributed by atoms with Crippen LogP contribution in [0, 0.1) is 0 Å². The normalized spacial score (nSPS) is 11.6. The molecule has 1 atom stereocenters. The highest BCUT2D eigenvalue weighted by Crippen LogP contribution is 2.34. The van der Waals surface area contributed by atoms with Crippen molar-refractivity contribution < 1.29 is 19.1 Å². The van der Waals surface area contributed by atoms with E-state index in [9.17, 15) is 9.59 Å². The fraction of sp³-hybridized carbons (Fsp3) is 0.188. The molecule has 3 N–H and O–H groups in total. The number of nitrogens with one attached hydrogen (secondary N) is 1. The molecule has 0 spiro atoms. The van der Waals surface area contributed by atoms with Crippen LogP contribution < -0.4 is 15.8 Å². The minimum atomic E-state index is -1.13. The summed E-state index contributed by atoms with van der Waals surface area (Å²) in [6.45, 7) is 1.39. The number of aromatic nitrogens is 1. The predicted molar refractivity (Wildman–Crippen MR) is 100 cm³/mol. The van der Waals surface area contributed by atoms with Crippen LogP contribution in [0.3, 0.4) is 0 Å². The molecule has 0 fully saturated rings. The smallest absolute Gasteiger partial charge is 0.359 e. The Bertz CT molecular complexity index is 844. The van der Waals surface area contributed by atoms with Gasteiger partial charge in [0.1, 0.15) is 10.8 Å². The lowest BCUT2D eigenvalue weighted by Crippen LogP contribution is -2.30. The second kappa shape index (κ2) is 8.44. The summed E-state index contributed by atoms with van der Waals surface area (Å²) in [4.78, 5) is 28.1. The number of hydrogen-bond acceptors (Lipinski definition) is 6. The number of amides is 1. The molecular formula is C16H14Cl3N3O4. The molecular weight excluding hydrogens is 405 g/mol. The number of nitrogen functional groups attached to an aromatic ring is 1. The number of nitrogens with two attached hydrogens (primary N) is 1. The Labute approximate surface area is 164 Å². The van der Waals surface area contributed by atoms with Crippen molar-refractivity contribution in [3.63, 3.8) is 0 Å². The first-order chi connectivity index (χ1) is 12.2. The van der Waals surface area contributed by atoms with Gasteiger partial charge in [-0.2, -0.15) is 0 Å². The molecule has 1 unspecified atom stereocenters. The van der Waals surface area contributed by atoms with Crippen molar-refractivity contribution in [2.45, 2.75) is 13.0 Å². The van der Waals surface area contributed by atoms with Crippen molar-refractivity contribution in [2.75, 3.05) is 18.2 Å².